The van der Waals surface area contributed by atoms with Gasteiger partial charge < -0.3 is 14.3 Å². The van der Waals surface area contributed by atoms with Crippen LogP contribution >= 0.6 is 0 Å². The molecule has 0 aliphatic heterocycles. The number of phenolic OH excluding ortho intramolecular Hbond substituents is 1. The van der Waals surface area contributed by atoms with E-state index in [1.807, 2.05) is 6.92 Å². The molecule has 0 saturated heterocycles. The van der Waals surface area contributed by atoms with Gasteiger partial charge in [-0.05, 0) is 48.4 Å². The molecule has 10 nitrogen and oxygen atoms in total. The van der Waals surface area contributed by atoms with Crippen LogP contribution in [0.1, 0.15) is 27.8 Å². The van der Waals surface area contributed by atoms with Crippen LogP contribution in [0.5, 0.6) is 11.5 Å². The van der Waals surface area contributed by atoms with Crippen molar-refractivity contribution >= 4 is 17.5 Å². The molecule has 2 amide bonds. The molecule has 0 atom stereocenters. The Kier molecular flexibility index (Phi) is 6.54. The van der Waals surface area contributed by atoms with Crippen LogP contribution in [0.25, 0.3) is 11.1 Å². The highest BCUT2D eigenvalue weighted by Gasteiger charge is 2.20. The summed E-state index contributed by atoms with van der Waals surface area (Å²) in [5.41, 5.74) is 5.58. The summed E-state index contributed by atoms with van der Waals surface area (Å²) in [6.45, 7) is 5.97. The highest BCUT2D eigenvalue weighted by molar-refractivity contribution is 6.01. The van der Waals surface area contributed by atoms with Gasteiger partial charge in [0.15, 0.2) is 5.75 Å². The minimum absolute atomic E-state index is 0.0564. The average molecular weight is 437 g/mol. The molecule has 1 heterocycles. The zero-order valence-electron chi connectivity index (χ0n) is 17.0. The van der Waals surface area contributed by atoms with Crippen LogP contribution in [0.4, 0.5) is 5.69 Å². The fraction of sp³-hybridized carbons (Fsp3) is 0.0909. The van der Waals surface area contributed by atoms with E-state index in [-0.39, 0.29) is 11.3 Å². The minimum atomic E-state index is -0.825. The maximum atomic E-state index is 12.6. The van der Waals surface area contributed by atoms with Crippen molar-refractivity contribution in [1.29, 1.82) is 0 Å². The minimum Gasteiger partial charge on any atom is -0.502 e. The third-order valence-corrected chi connectivity index (χ3v) is 4.23. The Morgan fingerprint density at radius 1 is 1.16 bits per heavy atom. The molecule has 0 spiro atoms. The predicted molar refractivity (Wildman–Crippen MR) is 114 cm³/mol. The Labute approximate surface area is 182 Å². The van der Waals surface area contributed by atoms with Gasteiger partial charge in [-0.25, -0.2) is 0 Å². The first-order chi connectivity index (χ1) is 15.3. The lowest BCUT2D eigenvalue weighted by atomic mass is 10.1. The Bertz CT molecular complexity index is 1200. The number of phenols is 1. The van der Waals surface area contributed by atoms with Crippen LogP contribution in [0.2, 0.25) is 0 Å². The van der Waals surface area contributed by atoms with Crippen LogP contribution < -0.4 is 15.6 Å². The van der Waals surface area contributed by atoms with Gasteiger partial charge in [0.2, 0.25) is 5.76 Å². The van der Waals surface area contributed by atoms with E-state index in [0.29, 0.717) is 23.5 Å². The van der Waals surface area contributed by atoms with Crippen molar-refractivity contribution in [1.82, 2.24) is 10.9 Å². The number of aromatic hydroxyl groups is 1. The van der Waals surface area contributed by atoms with Crippen molar-refractivity contribution in [3.63, 3.8) is 0 Å². The van der Waals surface area contributed by atoms with Crippen molar-refractivity contribution in [3.05, 3.63) is 88.4 Å². The molecule has 0 aliphatic carbocycles. The molecule has 1 aromatic heterocycles. The van der Waals surface area contributed by atoms with Crippen molar-refractivity contribution in [3.8, 4) is 22.6 Å². The van der Waals surface area contributed by atoms with E-state index in [1.54, 1.807) is 30.3 Å². The monoisotopic (exact) mass is 437 g/mol. The second-order valence-corrected chi connectivity index (χ2v) is 6.81. The molecule has 0 saturated carbocycles. The van der Waals surface area contributed by atoms with Gasteiger partial charge >= 0.3 is 11.6 Å². The maximum Gasteiger partial charge on any atom is 0.311 e. The average Bonchev–Trinajstić information content (AvgIpc) is 3.26. The number of carbonyl (C=O) groups excluding carboxylic acids is 2. The standard InChI is InChI=1S/C22H19N3O7/c1-13(2)12-32-16-5-3-4-14(10-16)17-8-9-31-20(17)22(28)24-23-21(27)15-6-7-19(26)18(11-15)25(29)30/h3-11,26H,1,12H2,2H3,(H,23,27)(H,24,28). The molecule has 10 heteroatoms. The van der Waals surface area contributed by atoms with Crippen molar-refractivity contribution in [2.75, 3.05) is 6.61 Å². The predicted octanol–water partition coefficient (Wildman–Crippen LogP) is 3.59. The van der Waals surface area contributed by atoms with E-state index in [2.05, 4.69) is 17.4 Å². The SMILES string of the molecule is C=C(C)COc1cccc(-c2ccoc2C(=O)NNC(=O)c2ccc(O)c([N+](=O)[O-])c2)c1. The van der Waals surface area contributed by atoms with Gasteiger partial charge in [0.25, 0.3) is 5.91 Å². The van der Waals surface area contributed by atoms with Gasteiger partial charge in [-0.2, -0.15) is 0 Å². The van der Waals surface area contributed by atoms with Crippen LogP contribution in [0.15, 0.2) is 71.4 Å². The van der Waals surface area contributed by atoms with Crippen molar-refractivity contribution in [2.45, 2.75) is 6.92 Å². The maximum absolute atomic E-state index is 12.6. The first-order valence-corrected chi connectivity index (χ1v) is 9.29. The molecule has 0 radical (unpaired) electrons. The number of ether oxygens (including phenoxy) is 1. The number of rotatable bonds is 7. The molecule has 3 rings (SSSR count). The summed E-state index contributed by atoms with van der Waals surface area (Å²) >= 11 is 0. The van der Waals surface area contributed by atoms with Gasteiger partial charge in [-0.15, -0.1) is 0 Å². The molecule has 164 valence electrons. The summed E-state index contributed by atoms with van der Waals surface area (Å²) in [5, 5.41) is 20.4. The summed E-state index contributed by atoms with van der Waals surface area (Å²) in [6.07, 6.45) is 1.33. The second-order valence-electron chi connectivity index (χ2n) is 6.81. The fourth-order valence-corrected chi connectivity index (χ4v) is 2.73. The molecular formula is C22H19N3O7. The number of hydrazine groups is 1. The van der Waals surface area contributed by atoms with E-state index in [0.717, 1.165) is 17.7 Å². The molecule has 32 heavy (non-hydrogen) atoms. The highest BCUT2D eigenvalue weighted by atomic mass is 16.6. The number of nitro groups is 1. The lowest BCUT2D eigenvalue weighted by molar-refractivity contribution is -0.385. The largest absolute Gasteiger partial charge is 0.502 e. The third-order valence-electron chi connectivity index (χ3n) is 4.23. The summed E-state index contributed by atoms with van der Waals surface area (Å²) in [7, 11) is 0. The Morgan fingerprint density at radius 3 is 2.62 bits per heavy atom. The number of nitrogens with one attached hydrogen (secondary N) is 2. The molecule has 0 unspecified atom stereocenters. The number of nitro benzene ring substituents is 1. The van der Waals surface area contributed by atoms with Crippen LogP contribution in [-0.2, 0) is 0 Å². The fourth-order valence-electron chi connectivity index (χ4n) is 2.73. The van der Waals surface area contributed by atoms with Crippen molar-refractivity contribution < 1.29 is 28.8 Å². The topological polar surface area (TPSA) is 144 Å². The number of hydrogen-bond acceptors (Lipinski definition) is 7. The normalized spacial score (nSPS) is 10.3. The second kappa shape index (κ2) is 9.47. The van der Waals surface area contributed by atoms with Crippen LogP contribution in [0, 0.1) is 10.1 Å². The first kappa shape index (κ1) is 22.1. The number of amides is 2. The van der Waals surface area contributed by atoms with E-state index in [1.165, 1.54) is 12.3 Å². The van der Waals surface area contributed by atoms with Crippen LogP contribution in [0.3, 0.4) is 0 Å². The molecule has 2 aromatic carbocycles. The van der Waals surface area contributed by atoms with Gasteiger partial charge in [0, 0.05) is 17.2 Å². The van der Waals surface area contributed by atoms with Gasteiger partial charge in [0.05, 0.1) is 11.2 Å². The molecular weight excluding hydrogens is 418 g/mol. The van der Waals surface area contributed by atoms with Crippen LogP contribution in [-0.4, -0.2) is 28.5 Å². The van der Waals surface area contributed by atoms with E-state index in [9.17, 15) is 24.8 Å². The summed E-state index contributed by atoms with van der Waals surface area (Å²) in [4.78, 5) is 34.9. The first-order valence-electron chi connectivity index (χ1n) is 9.29. The zero-order valence-corrected chi connectivity index (χ0v) is 17.0. The smallest absolute Gasteiger partial charge is 0.311 e. The lowest BCUT2D eigenvalue weighted by Crippen LogP contribution is -2.41. The quantitative estimate of drug-likeness (QED) is 0.291. The molecule has 0 bridgehead atoms. The van der Waals surface area contributed by atoms with Gasteiger partial charge in [0.1, 0.15) is 12.4 Å². The molecule has 3 aromatic rings. The number of nitrogens with zero attached hydrogens (tertiary/aromatic N) is 1. The Balaban J connectivity index is 1.72. The van der Waals surface area contributed by atoms with Crippen molar-refractivity contribution in [2.24, 2.45) is 0 Å². The lowest BCUT2D eigenvalue weighted by Gasteiger charge is -2.09. The molecule has 0 fully saturated rings. The zero-order chi connectivity index (χ0) is 23.3. The van der Waals surface area contributed by atoms with E-state index < -0.39 is 28.2 Å². The number of furan rings is 1. The Hall–Kier alpha value is -4.60. The number of hydrogen-bond donors (Lipinski definition) is 3. The van der Waals surface area contributed by atoms with Gasteiger partial charge in [-0.1, -0.05) is 18.7 Å². The number of benzene rings is 2. The number of carbonyl (C=O) groups is 2. The summed E-state index contributed by atoms with van der Waals surface area (Å²) in [5.74, 6) is -1.60. The molecule has 0 aliphatic rings. The third kappa shape index (κ3) is 5.11. The van der Waals surface area contributed by atoms with Gasteiger partial charge in [-0.3, -0.25) is 30.6 Å². The summed E-state index contributed by atoms with van der Waals surface area (Å²) in [6, 6.07) is 11.7. The highest BCUT2D eigenvalue weighted by Crippen LogP contribution is 2.28. The molecule has 3 N–H and O–H groups in total. The Morgan fingerprint density at radius 2 is 1.91 bits per heavy atom. The van der Waals surface area contributed by atoms with E-state index >= 15 is 0 Å². The van der Waals surface area contributed by atoms with E-state index in [4.69, 9.17) is 9.15 Å². The summed E-state index contributed by atoms with van der Waals surface area (Å²) < 4.78 is 10.9.